The van der Waals surface area contributed by atoms with E-state index in [-0.39, 0.29) is 0 Å². The molecule has 3 N–H and O–H groups in total. The van der Waals surface area contributed by atoms with Gasteiger partial charge in [0.15, 0.2) is 0 Å². The SMILES string of the molecule is Cc1cnc(N=C(N)CC(=N)N2CCN(C)CC2)s1. The molecule has 1 aliphatic rings. The molecule has 0 spiro atoms. The number of rotatable bonds is 3. The summed E-state index contributed by atoms with van der Waals surface area (Å²) in [6.45, 7) is 5.74. The van der Waals surface area contributed by atoms with E-state index in [1.54, 1.807) is 6.20 Å². The second kappa shape index (κ2) is 6.12. The van der Waals surface area contributed by atoms with Crippen molar-refractivity contribution in [2.24, 2.45) is 10.7 Å². The van der Waals surface area contributed by atoms with Crippen LogP contribution in [0.5, 0.6) is 0 Å². The fourth-order valence-electron chi connectivity index (χ4n) is 1.92. The first kappa shape index (κ1) is 14.0. The maximum atomic E-state index is 8.08. The Bertz CT molecular complexity index is 472. The molecule has 7 heteroatoms. The van der Waals surface area contributed by atoms with Gasteiger partial charge >= 0.3 is 0 Å². The van der Waals surface area contributed by atoms with Crippen LogP contribution in [0, 0.1) is 12.3 Å². The Balaban J connectivity index is 1.89. The zero-order valence-corrected chi connectivity index (χ0v) is 12.2. The number of aryl methyl sites for hydroxylation is 1. The molecule has 0 amide bonds. The number of amidine groups is 2. The zero-order chi connectivity index (χ0) is 13.8. The largest absolute Gasteiger partial charge is 0.387 e. The minimum absolute atomic E-state index is 0.391. The number of hydrogen-bond donors (Lipinski definition) is 2. The normalized spacial score (nSPS) is 17.8. The van der Waals surface area contributed by atoms with Crippen molar-refractivity contribution in [2.45, 2.75) is 13.3 Å². The molecule has 0 atom stereocenters. The molecule has 0 radical (unpaired) electrons. The Morgan fingerprint density at radius 1 is 1.47 bits per heavy atom. The van der Waals surface area contributed by atoms with Crippen molar-refractivity contribution in [2.75, 3.05) is 33.2 Å². The van der Waals surface area contributed by atoms with Crippen LogP contribution in [0.25, 0.3) is 0 Å². The number of nitrogens with two attached hydrogens (primary N) is 1. The quantitative estimate of drug-likeness (QED) is 0.640. The Labute approximate surface area is 117 Å². The minimum atomic E-state index is 0.391. The van der Waals surface area contributed by atoms with Crippen molar-refractivity contribution in [3.8, 4) is 0 Å². The molecule has 0 bridgehead atoms. The van der Waals surface area contributed by atoms with Gasteiger partial charge in [-0.15, -0.1) is 11.3 Å². The maximum Gasteiger partial charge on any atom is 0.210 e. The van der Waals surface area contributed by atoms with Gasteiger partial charge in [0.2, 0.25) is 5.13 Å². The van der Waals surface area contributed by atoms with Crippen LogP contribution in [0.3, 0.4) is 0 Å². The highest BCUT2D eigenvalue weighted by atomic mass is 32.1. The second-order valence-electron chi connectivity index (χ2n) is 4.77. The van der Waals surface area contributed by atoms with Crippen LogP contribution in [0.4, 0.5) is 5.13 Å². The maximum absolute atomic E-state index is 8.08. The van der Waals surface area contributed by atoms with Gasteiger partial charge < -0.3 is 15.5 Å². The number of nitrogens with one attached hydrogen (secondary N) is 1. The Kier molecular flexibility index (Phi) is 4.49. The summed E-state index contributed by atoms with van der Waals surface area (Å²) in [5.41, 5.74) is 5.89. The predicted molar refractivity (Wildman–Crippen MR) is 79.5 cm³/mol. The van der Waals surface area contributed by atoms with E-state index >= 15 is 0 Å². The lowest BCUT2D eigenvalue weighted by atomic mass is 10.2. The van der Waals surface area contributed by atoms with E-state index in [0.29, 0.717) is 23.2 Å². The summed E-state index contributed by atoms with van der Waals surface area (Å²) in [5.74, 6) is 1.00. The molecule has 2 heterocycles. The van der Waals surface area contributed by atoms with Crippen LogP contribution in [0.15, 0.2) is 11.2 Å². The molecule has 0 aliphatic carbocycles. The van der Waals surface area contributed by atoms with E-state index in [1.165, 1.54) is 11.3 Å². The topological polar surface area (TPSA) is 81.6 Å². The first-order chi connectivity index (χ1) is 9.04. The number of nitrogens with zero attached hydrogens (tertiary/aromatic N) is 4. The molecular weight excluding hydrogens is 260 g/mol. The van der Waals surface area contributed by atoms with Gasteiger partial charge in [-0.3, -0.25) is 5.41 Å². The zero-order valence-electron chi connectivity index (χ0n) is 11.4. The van der Waals surface area contributed by atoms with Crippen LogP contribution >= 0.6 is 11.3 Å². The van der Waals surface area contributed by atoms with Crippen LogP contribution in [-0.2, 0) is 0 Å². The fraction of sp³-hybridized carbons (Fsp3) is 0.583. The van der Waals surface area contributed by atoms with Crippen molar-refractivity contribution >= 4 is 28.1 Å². The predicted octanol–water partition coefficient (Wildman–Crippen LogP) is 1.05. The third-order valence-electron chi connectivity index (χ3n) is 3.08. The summed E-state index contributed by atoms with van der Waals surface area (Å²) in [5, 5.41) is 8.75. The van der Waals surface area contributed by atoms with Crippen LogP contribution in [-0.4, -0.2) is 59.7 Å². The number of thiazole rings is 1. The standard InChI is InChI=1S/C12H20N6S/c1-9-8-15-12(19-9)16-10(13)7-11(14)18-5-3-17(2)4-6-18/h8,14H,3-7H2,1-2H3,(H2,13,15,16). The van der Waals surface area contributed by atoms with Gasteiger partial charge in [0.05, 0.1) is 6.42 Å². The van der Waals surface area contributed by atoms with Gasteiger partial charge in [-0.1, -0.05) is 0 Å². The summed E-state index contributed by atoms with van der Waals surface area (Å²) < 4.78 is 0. The molecule has 0 aromatic carbocycles. The molecule has 6 nitrogen and oxygen atoms in total. The minimum Gasteiger partial charge on any atom is -0.387 e. The molecule has 0 saturated carbocycles. The Morgan fingerprint density at radius 3 is 2.74 bits per heavy atom. The smallest absolute Gasteiger partial charge is 0.210 e. The molecule has 1 aromatic rings. The number of hydrogen-bond acceptors (Lipinski definition) is 5. The molecule has 1 aromatic heterocycles. The lowest BCUT2D eigenvalue weighted by Gasteiger charge is -2.34. The first-order valence-electron chi connectivity index (χ1n) is 6.31. The third-order valence-corrected chi connectivity index (χ3v) is 3.89. The number of aliphatic imine (C=N–C) groups is 1. The van der Waals surface area contributed by atoms with Crippen molar-refractivity contribution in [3.63, 3.8) is 0 Å². The van der Waals surface area contributed by atoms with Gasteiger partial charge in [-0.2, -0.15) is 0 Å². The molecular formula is C12H20N6S. The highest BCUT2D eigenvalue weighted by molar-refractivity contribution is 7.15. The molecule has 104 valence electrons. The van der Waals surface area contributed by atoms with Crippen molar-refractivity contribution in [3.05, 3.63) is 11.1 Å². The fourth-order valence-corrected chi connectivity index (χ4v) is 2.58. The average molecular weight is 280 g/mol. The monoisotopic (exact) mass is 280 g/mol. The molecule has 1 saturated heterocycles. The number of piperazine rings is 1. The van der Waals surface area contributed by atoms with E-state index in [4.69, 9.17) is 11.1 Å². The summed E-state index contributed by atoms with van der Waals surface area (Å²) in [7, 11) is 2.10. The van der Waals surface area contributed by atoms with E-state index < -0.39 is 0 Å². The van der Waals surface area contributed by atoms with E-state index in [2.05, 4.69) is 26.8 Å². The summed E-state index contributed by atoms with van der Waals surface area (Å²) in [6.07, 6.45) is 2.17. The van der Waals surface area contributed by atoms with Crippen molar-refractivity contribution < 1.29 is 0 Å². The van der Waals surface area contributed by atoms with Gasteiger partial charge in [-0.05, 0) is 14.0 Å². The number of aromatic nitrogens is 1. The highest BCUT2D eigenvalue weighted by Gasteiger charge is 2.17. The number of likely N-dealkylation sites (N-methyl/N-ethyl adjacent to an activating group) is 1. The van der Waals surface area contributed by atoms with Gasteiger partial charge in [-0.25, -0.2) is 9.98 Å². The van der Waals surface area contributed by atoms with Crippen molar-refractivity contribution in [1.29, 1.82) is 5.41 Å². The first-order valence-corrected chi connectivity index (χ1v) is 7.12. The Hall–Kier alpha value is -1.47. The third kappa shape index (κ3) is 4.00. The summed E-state index contributed by atoms with van der Waals surface area (Å²) in [6, 6.07) is 0. The second-order valence-corrected chi connectivity index (χ2v) is 5.98. The summed E-state index contributed by atoms with van der Waals surface area (Å²) in [4.78, 5) is 13.8. The van der Waals surface area contributed by atoms with Crippen LogP contribution in [0.2, 0.25) is 0 Å². The lowest BCUT2D eigenvalue weighted by molar-refractivity contribution is 0.213. The van der Waals surface area contributed by atoms with Gasteiger partial charge in [0, 0.05) is 37.3 Å². The van der Waals surface area contributed by atoms with Gasteiger partial charge in [0.25, 0.3) is 0 Å². The van der Waals surface area contributed by atoms with E-state index in [1.807, 2.05) is 6.92 Å². The van der Waals surface area contributed by atoms with E-state index in [9.17, 15) is 0 Å². The van der Waals surface area contributed by atoms with Gasteiger partial charge in [0.1, 0.15) is 11.7 Å². The van der Waals surface area contributed by atoms with E-state index in [0.717, 1.165) is 31.1 Å². The van der Waals surface area contributed by atoms with Crippen molar-refractivity contribution in [1.82, 2.24) is 14.8 Å². The molecule has 0 unspecified atom stereocenters. The molecule has 1 fully saturated rings. The van der Waals surface area contributed by atoms with Crippen LogP contribution in [0.1, 0.15) is 11.3 Å². The molecule has 19 heavy (non-hydrogen) atoms. The van der Waals surface area contributed by atoms with Crippen LogP contribution < -0.4 is 5.73 Å². The summed E-state index contributed by atoms with van der Waals surface area (Å²) >= 11 is 1.51. The highest BCUT2D eigenvalue weighted by Crippen LogP contribution is 2.19. The molecule has 1 aliphatic heterocycles. The Morgan fingerprint density at radius 2 is 2.16 bits per heavy atom. The molecule has 2 rings (SSSR count). The average Bonchev–Trinajstić information content (AvgIpc) is 2.75. The lowest BCUT2D eigenvalue weighted by Crippen LogP contribution is -2.47.